The third-order valence-corrected chi connectivity index (χ3v) is 7.93. The van der Waals surface area contributed by atoms with E-state index < -0.39 is 0 Å². The summed E-state index contributed by atoms with van der Waals surface area (Å²) in [6.45, 7) is 7.79. The Morgan fingerprint density at radius 3 is 0.941 bits per heavy atom. The van der Waals surface area contributed by atoms with Crippen molar-refractivity contribution in [3.05, 3.63) is 0 Å². The molecule has 0 unspecified atom stereocenters. The zero-order chi connectivity index (χ0) is 24.2. The van der Waals surface area contributed by atoms with Crippen molar-refractivity contribution in [2.45, 2.75) is 174 Å². The van der Waals surface area contributed by atoms with Gasteiger partial charge in [-0.05, 0) is 13.0 Å². The molecule has 0 bridgehead atoms. The van der Waals surface area contributed by atoms with Gasteiger partial charge in [0.1, 0.15) is 0 Å². The number of hydrogen-bond acceptors (Lipinski definition) is 2. The normalized spacial score (nSPS) is 14.7. The van der Waals surface area contributed by atoms with Crippen molar-refractivity contribution in [1.29, 1.82) is 0 Å². The van der Waals surface area contributed by atoms with Crippen molar-refractivity contribution in [3.8, 4) is 0 Å². The van der Waals surface area contributed by atoms with Crippen LogP contribution in [-0.4, -0.2) is 37.7 Å². The van der Waals surface area contributed by atoms with Crippen LogP contribution in [-0.2, 0) is 4.74 Å². The maximum atomic E-state index is 5.42. The standard InChI is InChI=1S/C32H65NO/c1-2-3-4-5-6-7-8-9-10-11-12-13-14-15-16-17-18-19-20-21-22-23-24-25-26-27-28-33-29-31-34-32-30-33/h2-32H2,1H3. The van der Waals surface area contributed by atoms with Crippen LogP contribution in [0.4, 0.5) is 0 Å². The molecule has 2 nitrogen and oxygen atoms in total. The highest BCUT2D eigenvalue weighted by Crippen LogP contribution is 2.16. The fourth-order valence-corrected chi connectivity index (χ4v) is 5.48. The van der Waals surface area contributed by atoms with Crippen molar-refractivity contribution in [2.75, 3.05) is 32.8 Å². The average Bonchev–Trinajstić information content (AvgIpc) is 2.87. The first-order valence-electron chi connectivity index (χ1n) is 16.2. The third-order valence-electron chi connectivity index (χ3n) is 7.93. The molecule has 1 rings (SSSR count). The molecule has 0 aliphatic carbocycles. The Bertz CT molecular complexity index is 366. The van der Waals surface area contributed by atoms with Crippen molar-refractivity contribution in [1.82, 2.24) is 4.90 Å². The van der Waals surface area contributed by atoms with E-state index in [2.05, 4.69) is 11.8 Å². The Morgan fingerprint density at radius 2 is 0.647 bits per heavy atom. The molecule has 1 saturated heterocycles. The van der Waals surface area contributed by atoms with Crippen LogP contribution in [0.15, 0.2) is 0 Å². The molecular weight excluding hydrogens is 414 g/mol. The second-order valence-electron chi connectivity index (χ2n) is 11.3. The first-order chi connectivity index (χ1) is 16.9. The van der Waals surface area contributed by atoms with E-state index in [1.807, 2.05) is 0 Å². The summed E-state index contributed by atoms with van der Waals surface area (Å²) in [5, 5.41) is 0. The van der Waals surface area contributed by atoms with E-state index in [1.165, 1.54) is 173 Å². The zero-order valence-electron chi connectivity index (χ0n) is 23.8. The second kappa shape index (κ2) is 27.5. The molecule has 34 heavy (non-hydrogen) atoms. The molecule has 0 aromatic carbocycles. The van der Waals surface area contributed by atoms with E-state index in [-0.39, 0.29) is 0 Å². The fourth-order valence-electron chi connectivity index (χ4n) is 5.48. The lowest BCUT2D eigenvalue weighted by Crippen LogP contribution is -2.36. The summed E-state index contributed by atoms with van der Waals surface area (Å²) < 4.78 is 5.42. The summed E-state index contributed by atoms with van der Waals surface area (Å²) in [5.41, 5.74) is 0. The van der Waals surface area contributed by atoms with Gasteiger partial charge in [-0.3, -0.25) is 4.90 Å². The zero-order valence-corrected chi connectivity index (χ0v) is 23.8. The molecule has 0 saturated carbocycles. The van der Waals surface area contributed by atoms with Gasteiger partial charge in [-0.2, -0.15) is 0 Å². The van der Waals surface area contributed by atoms with E-state index in [4.69, 9.17) is 4.74 Å². The molecule has 2 heteroatoms. The minimum Gasteiger partial charge on any atom is -0.379 e. The summed E-state index contributed by atoms with van der Waals surface area (Å²) in [4.78, 5) is 2.57. The maximum Gasteiger partial charge on any atom is 0.0594 e. The summed E-state index contributed by atoms with van der Waals surface area (Å²) in [7, 11) is 0. The largest absolute Gasteiger partial charge is 0.379 e. The minimum absolute atomic E-state index is 0.944. The van der Waals surface area contributed by atoms with Crippen LogP contribution in [0.25, 0.3) is 0 Å². The van der Waals surface area contributed by atoms with Gasteiger partial charge < -0.3 is 4.74 Å². The maximum absolute atomic E-state index is 5.42. The Balaban J connectivity index is 1.61. The Labute approximate surface area is 216 Å². The van der Waals surface area contributed by atoms with Gasteiger partial charge >= 0.3 is 0 Å². The lowest BCUT2D eigenvalue weighted by atomic mass is 10.0. The Kier molecular flexibility index (Phi) is 25.8. The van der Waals surface area contributed by atoms with Gasteiger partial charge in [0.2, 0.25) is 0 Å². The number of rotatable bonds is 27. The molecule has 0 radical (unpaired) electrons. The highest BCUT2D eigenvalue weighted by molar-refractivity contribution is 4.61. The minimum atomic E-state index is 0.944. The Morgan fingerprint density at radius 1 is 0.382 bits per heavy atom. The first-order valence-corrected chi connectivity index (χ1v) is 16.2. The molecule has 1 aliphatic heterocycles. The predicted octanol–water partition coefficient (Wildman–Crippen LogP) is 10.5. The number of morpholine rings is 1. The molecule has 1 heterocycles. The number of nitrogens with zero attached hydrogens (tertiary/aromatic N) is 1. The number of ether oxygens (including phenoxy) is 1. The smallest absolute Gasteiger partial charge is 0.0594 e. The molecule has 0 atom stereocenters. The molecular formula is C32H65NO. The van der Waals surface area contributed by atoms with Crippen LogP contribution in [0, 0.1) is 0 Å². The monoisotopic (exact) mass is 480 g/mol. The van der Waals surface area contributed by atoms with Crippen LogP contribution in [0.2, 0.25) is 0 Å². The molecule has 1 fully saturated rings. The first kappa shape index (κ1) is 31.9. The van der Waals surface area contributed by atoms with E-state index in [9.17, 15) is 0 Å². The number of unbranched alkanes of at least 4 members (excludes halogenated alkanes) is 25. The van der Waals surface area contributed by atoms with Crippen molar-refractivity contribution in [2.24, 2.45) is 0 Å². The van der Waals surface area contributed by atoms with Crippen LogP contribution in [0.5, 0.6) is 0 Å². The summed E-state index contributed by atoms with van der Waals surface area (Å²) in [5.74, 6) is 0. The van der Waals surface area contributed by atoms with Gasteiger partial charge in [-0.25, -0.2) is 0 Å². The van der Waals surface area contributed by atoms with Crippen LogP contribution >= 0.6 is 0 Å². The summed E-state index contributed by atoms with van der Waals surface area (Å²) in [6, 6.07) is 0. The lowest BCUT2D eigenvalue weighted by Gasteiger charge is -2.26. The SMILES string of the molecule is CCCCCCCCCCCCCCCCCCCCCCCCCCCCN1CCOCC1. The van der Waals surface area contributed by atoms with Gasteiger partial charge in [0.05, 0.1) is 13.2 Å². The molecule has 204 valence electrons. The van der Waals surface area contributed by atoms with Gasteiger partial charge in [-0.15, -0.1) is 0 Å². The van der Waals surface area contributed by atoms with E-state index in [0.29, 0.717) is 0 Å². The molecule has 0 aromatic rings. The predicted molar refractivity (Wildman–Crippen MR) is 153 cm³/mol. The van der Waals surface area contributed by atoms with E-state index in [1.54, 1.807) is 0 Å². The Hall–Kier alpha value is -0.0800. The molecule has 0 N–H and O–H groups in total. The average molecular weight is 480 g/mol. The topological polar surface area (TPSA) is 12.5 Å². The summed E-state index contributed by atoms with van der Waals surface area (Å²) in [6.07, 6.45) is 38.2. The number of hydrogen-bond donors (Lipinski definition) is 0. The highest BCUT2D eigenvalue weighted by atomic mass is 16.5. The van der Waals surface area contributed by atoms with Gasteiger partial charge in [0, 0.05) is 13.1 Å². The van der Waals surface area contributed by atoms with Crippen LogP contribution < -0.4 is 0 Å². The highest BCUT2D eigenvalue weighted by Gasteiger charge is 2.08. The quantitative estimate of drug-likeness (QED) is 0.109. The fraction of sp³-hybridized carbons (Fsp3) is 1.00. The molecule has 1 aliphatic rings. The van der Waals surface area contributed by atoms with Gasteiger partial charge in [0.15, 0.2) is 0 Å². The van der Waals surface area contributed by atoms with Crippen LogP contribution in [0.3, 0.4) is 0 Å². The van der Waals surface area contributed by atoms with Crippen LogP contribution in [0.1, 0.15) is 174 Å². The van der Waals surface area contributed by atoms with Crippen molar-refractivity contribution in [3.63, 3.8) is 0 Å². The molecule has 0 spiro atoms. The second-order valence-corrected chi connectivity index (χ2v) is 11.3. The van der Waals surface area contributed by atoms with Gasteiger partial charge in [-0.1, -0.05) is 167 Å². The third kappa shape index (κ3) is 23.7. The summed E-state index contributed by atoms with van der Waals surface area (Å²) >= 11 is 0. The van der Waals surface area contributed by atoms with E-state index >= 15 is 0 Å². The molecule has 0 aromatic heterocycles. The lowest BCUT2D eigenvalue weighted by molar-refractivity contribution is 0.0371. The van der Waals surface area contributed by atoms with Crippen molar-refractivity contribution < 1.29 is 4.74 Å². The van der Waals surface area contributed by atoms with Gasteiger partial charge in [0.25, 0.3) is 0 Å². The van der Waals surface area contributed by atoms with E-state index in [0.717, 1.165) is 26.3 Å². The molecule has 0 amide bonds. The van der Waals surface area contributed by atoms with Crippen molar-refractivity contribution >= 4 is 0 Å².